The molecule has 0 N–H and O–H groups in total. The molecule has 1 aromatic carbocycles. The number of hydrogen-bond acceptors (Lipinski definition) is 2. The third-order valence-electron chi connectivity index (χ3n) is 2.59. The fourth-order valence-corrected chi connectivity index (χ4v) is 1.89. The molecule has 1 aromatic heterocycles. The quantitative estimate of drug-likeness (QED) is 0.768. The predicted molar refractivity (Wildman–Crippen MR) is 67.6 cm³/mol. The SMILES string of the molecule is CC(=O)c1cc(CCc2cccc(Cl)c2)co1. The van der Waals surface area contributed by atoms with Crippen LogP contribution in [0.5, 0.6) is 0 Å². The molecule has 0 fully saturated rings. The van der Waals surface area contributed by atoms with Crippen molar-refractivity contribution in [2.24, 2.45) is 0 Å². The minimum atomic E-state index is -0.0426. The third kappa shape index (κ3) is 3.21. The minimum Gasteiger partial charge on any atom is -0.461 e. The molecule has 3 heteroatoms. The fourth-order valence-electron chi connectivity index (χ4n) is 1.67. The summed E-state index contributed by atoms with van der Waals surface area (Å²) in [6.45, 7) is 1.50. The van der Waals surface area contributed by atoms with Gasteiger partial charge in [0.05, 0.1) is 6.26 Å². The number of Topliss-reactive ketones (excluding diaryl/α,β-unsaturated/α-hetero) is 1. The molecule has 88 valence electrons. The van der Waals surface area contributed by atoms with E-state index in [1.807, 2.05) is 24.3 Å². The van der Waals surface area contributed by atoms with Crippen molar-refractivity contribution in [1.29, 1.82) is 0 Å². The summed E-state index contributed by atoms with van der Waals surface area (Å²) < 4.78 is 5.16. The number of carbonyl (C=O) groups excluding carboxylic acids is 1. The van der Waals surface area contributed by atoms with Gasteiger partial charge in [0.25, 0.3) is 0 Å². The molecule has 0 aliphatic rings. The molecular weight excluding hydrogens is 236 g/mol. The molecule has 0 saturated heterocycles. The summed E-state index contributed by atoms with van der Waals surface area (Å²) in [5, 5.41) is 0.749. The monoisotopic (exact) mass is 248 g/mol. The van der Waals surface area contributed by atoms with Crippen molar-refractivity contribution in [1.82, 2.24) is 0 Å². The van der Waals surface area contributed by atoms with Crippen LogP contribution in [0.2, 0.25) is 5.02 Å². The number of rotatable bonds is 4. The van der Waals surface area contributed by atoms with Crippen LogP contribution in [0.3, 0.4) is 0 Å². The van der Waals surface area contributed by atoms with Gasteiger partial charge in [-0.3, -0.25) is 4.79 Å². The van der Waals surface area contributed by atoms with E-state index in [4.69, 9.17) is 16.0 Å². The van der Waals surface area contributed by atoms with Crippen molar-refractivity contribution in [3.63, 3.8) is 0 Å². The lowest BCUT2D eigenvalue weighted by atomic mass is 10.1. The molecule has 0 bridgehead atoms. The summed E-state index contributed by atoms with van der Waals surface area (Å²) in [7, 11) is 0. The van der Waals surface area contributed by atoms with E-state index in [-0.39, 0.29) is 5.78 Å². The lowest BCUT2D eigenvalue weighted by molar-refractivity contribution is 0.0987. The van der Waals surface area contributed by atoms with E-state index in [2.05, 4.69) is 0 Å². The van der Waals surface area contributed by atoms with Crippen molar-refractivity contribution < 1.29 is 9.21 Å². The van der Waals surface area contributed by atoms with Crippen LogP contribution in [0.25, 0.3) is 0 Å². The Labute approximate surface area is 105 Å². The average Bonchev–Trinajstić information content (AvgIpc) is 2.75. The van der Waals surface area contributed by atoms with E-state index >= 15 is 0 Å². The molecule has 0 atom stereocenters. The second kappa shape index (κ2) is 5.19. The van der Waals surface area contributed by atoms with Gasteiger partial charge in [0, 0.05) is 11.9 Å². The Kier molecular flexibility index (Phi) is 3.64. The first-order valence-corrected chi connectivity index (χ1v) is 5.86. The molecule has 0 amide bonds. The molecule has 2 nitrogen and oxygen atoms in total. The number of halogens is 1. The van der Waals surface area contributed by atoms with Gasteiger partial charge in [-0.15, -0.1) is 0 Å². The van der Waals surface area contributed by atoms with Crippen LogP contribution in [-0.2, 0) is 12.8 Å². The Morgan fingerprint density at radius 2 is 2.00 bits per heavy atom. The lowest BCUT2D eigenvalue weighted by Gasteiger charge is -1.99. The maximum atomic E-state index is 11.1. The van der Waals surface area contributed by atoms with Crippen molar-refractivity contribution in [2.75, 3.05) is 0 Å². The number of carbonyl (C=O) groups is 1. The zero-order chi connectivity index (χ0) is 12.3. The van der Waals surface area contributed by atoms with Gasteiger partial charge in [0.2, 0.25) is 0 Å². The standard InChI is InChI=1S/C14H13ClO2/c1-10(16)14-8-12(9-17-14)6-5-11-3-2-4-13(15)7-11/h2-4,7-9H,5-6H2,1H3. The van der Waals surface area contributed by atoms with Gasteiger partial charge in [-0.25, -0.2) is 0 Å². The van der Waals surface area contributed by atoms with Gasteiger partial charge in [0.15, 0.2) is 11.5 Å². The molecule has 2 aromatic rings. The first-order chi connectivity index (χ1) is 8.15. The van der Waals surface area contributed by atoms with Crippen LogP contribution in [0.15, 0.2) is 41.0 Å². The zero-order valence-electron chi connectivity index (χ0n) is 9.57. The van der Waals surface area contributed by atoms with Crippen LogP contribution in [-0.4, -0.2) is 5.78 Å². The fraction of sp³-hybridized carbons (Fsp3) is 0.214. The Bertz CT molecular complexity index is 529. The molecule has 17 heavy (non-hydrogen) atoms. The largest absolute Gasteiger partial charge is 0.461 e. The summed E-state index contributed by atoms with van der Waals surface area (Å²) in [4.78, 5) is 11.1. The molecule has 0 saturated carbocycles. The molecule has 0 unspecified atom stereocenters. The van der Waals surface area contributed by atoms with E-state index in [0.717, 1.165) is 23.4 Å². The maximum Gasteiger partial charge on any atom is 0.194 e. The lowest BCUT2D eigenvalue weighted by Crippen LogP contribution is -1.90. The average molecular weight is 249 g/mol. The highest BCUT2D eigenvalue weighted by Gasteiger charge is 2.06. The third-order valence-corrected chi connectivity index (χ3v) is 2.83. The molecule has 0 aliphatic carbocycles. The molecule has 0 radical (unpaired) electrons. The molecule has 0 aliphatic heterocycles. The van der Waals surface area contributed by atoms with Crippen molar-refractivity contribution in [3.05, 3.63) is 58.5 Å². The number of furan rings is 1. The van der Waals surface area contributed by atoms with Gasteiger partial charge in [-0.05, 0) is 42.2 Å². The summed E-state index contributed by atoms with van der Waals surface area (Å²) in [6.07, 6.45) is 3.37. The van der Waals surface area contributed by atoms with Gasteiger partial charge in [-0.1, -0.05) is 23.7 Å². The number of benzene rings is 1. The highest BCUT2D eigenvalue weighted by molar-refractivity contribution is 6.30. The van der Waals surface area contributed by atoms with E-state index in [9.17, 15) is 4.79 Å². The van der Waals surface area contributed by atoms with Crippen molar-refractivity contribution in [2.45, 2.75) is 19.8 Å². The van der Waals surface area contributed by atoms with Crippen LogP contribution < -0.4 is 0 Å². The van der Waals surface area contributed by atoms with Gasteiger partial charge in [-0.2, -0.15) is 0 Å². The smallest absolute Gasteiger partial charge is 0.194 e. The Hall–Kier alpha value is -1.54. The first-order valence-electron chi connectivity index (χ1n) is 5.48. The van der Waals surface area contributed by atoms with Crippen LogP contribution in [0.1, 0.15) is 28.6 Å². The van der Waals surface area contributed by atoms with Crippen LogP contribution in [0, 0.1) is 0 Å². The maximum absolute atomic E-state index is 11.1. The number of ketones is 1. The Morgan fingerprint density at radius 3 is 2.65 bits per heavy atom. The summed E-state index contributed by atoms with van der Waals surface area (Å²) in [6, 6.07) is 9.59. The normalized spacial score (nSPS) is 10.5. The zero-order valence-corrected chi connectivity index (χ0v) is 10.3. The van der Waals surface area contributed by atoms with Gasteiger partial charge < -0.3 is 4.42 Å². The Morgan fingerprint density at radius 1 is 1.24 bits per heavy atom. The highest BCUT2D eigenvalue weighted by atomic mass is 35.5. The van der Waals surface area contributed by atoms with E-state index in [0.29, 0.717) is 5.76 Å². The second-order valence-electron chi connectivity index (χ2n) is 4.01. The van der Waals surface area contributed by atoms with Gasteiger partial charge in [0.1, 0.15) is 0 Å². The summed E-state index contributed by atoms with van der Waals surface area (Å²) in [5.74, 6) is 0.380. The number of aryl methyl sites for hydroxylation is 2. The van der Waals surface area contributed by atoms with Gasteiger partial charge >= 0.3 is 0 Å². The molecule has 0 spiro atoms. The van der Waals surface area contributed by atoms with E-state index < -0.39 is 0 Å². The van der Waals surface area contributed by atoms with Crippen molar-refractivity contribution in [3.8, 4) is 0 Å². The first kappa shape index (κ1) is 11.9. The topological polar surface area (TPSA) is 30.2 Å². The molecular formula is C14H13ClO2. The minimum absolute atomic E-state index is 0.0426. The highest BCUT2D eigenvalue weighted by Crippen LogP contribution is 2.15. The second-order valence-corrected chi connectivity index (χ2v) is 4.44. The van der Waals surface area contributed by atoms with E-state index in [1.54, 1.807) is 12.3 Å². The van der Waals surface area contributed by atoms with Crippen molar-refractivity contribution >= 4 is 17.4 Å². The van der Waals surface area contributed by atoms with E-state index in [1.165, 1.54) is 12.5 Å². The predicted octanol–water partition coefficient (Wildman–Crippen LogP) is 3.92. The van der Waals surface area contributed by atoms with Crippen LogP contribution in [0.4, 0.5) is 0 Å². The summed E-state index contributed by atoms with van der Waals surface area (Å²) in [5.41, 5.74) is 2.22. The Balaban J connectivity index is 2.00. The summed E-state index contributed by atoms with van der Waals surface area (Å²) >= 11 is 5.91. The molecule has 1 heterocycles. The molecule has 2 rings (SSSR count). The van der Waals surface area contributed by atoms with Crippen LogP contribution >= 0.6 is 11.6 Å². The number of hydrogen-bond donors (Lipinski definition) is 0.